The minimum atomic E-state index is 0.245. The highest BCUT2D eigenvalue weighted by Crippen LogP contribution is 2.19. The van der Waals surface area contributed by atoms with E-state index in [9.17, 15) is 0 Å². The van der Waals surface area contributed by atoms with Crippen LogP contribution in [0.4, 0.5) is 17.8 Å². The van der Waals surface area contributed by atoms with Crippen LogP contribution in [0.1, 0.15) is 24.4 Å². The third kappa shape index (κ3) is 3.57. The summed E-state index contributed by atoms with van der Waals surface area (Å²) in [6.45, 7) is 8.50. The fourth-order valence-electron chi connectivity index (χ4n) is 1.95. The Morgan fingerprint density at radius 3 is 2.38 bits per heavy atom. The van der Waals surface area contributed by atoms with Crippen LogP contribution >= 0.6 is 11.3 Å². The van der Waals surface area contributed by atoms with Crippen molar-refractivity contribution in [3.8, 4) is 0 Å². The summed E-state index contributed by atoms with van der Waals surface area (Å²) in [6.07, 6.45) is 0. The summed E-state index contributed by atoms with van der Waals surface area (Å²) in [7, 11) is 1.94. The van der Waals surface area contributed by atoms with Gasteiger partial charge in [-0.05, 0) is 20.8 Å². The van der Waals surface area contributed by atoms with Gasteiger partial charge in [-0.3, -0.25) is 0 Å². The van der Waals surface area contributed by atoms with Crippen LogP contribution in [0.15, 0.2) is 5.51 Å². The molecule has 114 valence electrons. The molecule has 0 saturated heterocycles. The summed E-state index contributed by atoms with van der Waals surface area (Å²) in [5.74, 6) is 1.45. The average Bonchev–Trinajstić information content (AvgIpc) is 2.85. The number of hydrogen-bond donors (Lipinski definition) is 1. The highest BCUT2D eigenvalue weighted by molar-refractivity contribution is 7.09. The van der Waals surface area contributed by atoms with Crippen LogP contribution < -0.4 is 15.5 Å². The minimum absolute atomic E-state index is 0.245. The molecule has 0 bridgehead atoms. The molecule has 0 aliphatic carbocycles. The first-order chi connectivity index (χ1) is 10.0. The number of aromatic nitrogens is 4. The van der Waals surface area contributed by atoms with Gasteiger partial charge in [0.05, 0.1) is 17.7 Å². The second-order valence-corrected chi connectivity index (χ2v) is 5.62. The molecule has 0 aliphatic rings. The molecule has 0 amide bonds. The SMILES string of the molecule is CCN(CC)c1nc(N)nc(N(C)Cc2scnc2C)n1. The van der Waals surface area contributed by atoms with Gasteiger partial charge < -0.3 is 15.5 Å². The van der Waals surface area contributed by atoms with Crippen LogP contribution in [0.25, 0.3) is 0 Å². The van der Waals surface area contributed by atoms with Gasteiger partial charge in [-0.25, -0.2) is 4.98 Å². The Hall–Kier alpha value is -1.96. The van der Waals surface area contributed by atoms with Gasteiger partial charge in [0.25, 0.3) is 0 Å². The van der Waals surface area contributed by atoms with Crippen molar-refractivity contribution in [3.63, 3.8) is 0 Å². The Labute approximate surface area is 128 Å². The maximum atomic E-state index is 5.82. The molecule has 0 saturated carbocycles. The lowest BCUT2D eigenvalue weighted by molar-refractivity contribution is 0.795. The third-order valence-electron chi connectivity index (χ3n) is 3.24. The van der Waals surface area contributed by atoms with Crippen LogP contribution in [0.2, 0.25) is 0 Å². The first-order valence-corrected chi connectivity index (χ1v) is 7.79. The zero-order chi connectivity index (χ0) is 15.4. The molecule has 8 heteroatoms. The van der Waals surface area contributed by atoms with E-state index in [1.807, 2.05) is 29.3 Å². The molecule has 2 aromatic rings. The lowest BCUT2D eigenvalue weighted by Crippen LogP contribution is -2.27. The molecule has 0 spiro atoms. The Balaban J connectivity index is 2.24. The standard InChI is InChI=1S/C13H21N7S/c1-5-20(6-2)13-17-11(14)16-12(18-13)19(4)7-10-9(3)15-8-21-10/h8H,5-7H2,1-4H3,(H2,14,16,17,18). The zero-order valence-corrected chi connectivity index (χ0v) is 13.7. The summed E-state index contributed by atoms with van der Waals surface area (Å²) in [5.41, 5.74) is 8.71. The quantitative estimate of drug-likeness (QED) is 0.869. The van der Waals surface area contributed by atoms with Crippen molar-refractivity contribution >= 4 is 29.2 Å². The first-order valence-electron chi connectivity index (χ1n) is 6.91. The van der Waals surface area contributed by atoms with Gasteiger partial charge in [0.15, 0.2) is 0 Å². The second-order valence-electron chi connectivity index (χ2n) is 4.68. The number of hydrogen-bond acceptors (Lipinski definition) is 8. The molecule has 0 fully saturated rings. The van der Waals surface area contributed by atoms with Crippen LogP contribution in [0.5, 0.6) is 0 Å². The van der Waals surface area contributed by atoms with Crippen LogP contribution in [-0.4, -0.2) is 40.1 Å². The largest absolute Gasteiger partial charge is 0.368 e. The fraction of sp³-hybridized carbons (Fsp3) is 0.538. The number of rotatable bonds is 6. The maximum absolute atomic E-state index is 5.82. The van der Waals surface area contributed by atoms with Crippen molar-refractivity contribution in [2.75, 3.05) is 35.7 Å². The molecule has 21 heavy (non-hydrogen) atoms. The van der Waals surface area contributed by atoms with E-state index in [0.29, 0.717) is 18.4 Å². The topological polar surface area (TPSA) is 84.1 Å². The smallest absolute Gasteiger partial charge is 0.232 e. The van der Waals surface area contributed by atoms with Crippen molar-refractivity contribution < 1.29 is 0 Å². The monoisotopic (exact) mass is 307 g/mol. The van der Waals surface area contributed by atoms with Crippen LogP contribution in [0.3, 0.4) is 0 Å². The number of nitrogen functional groups attached to an aromatic ring is 1. The highest BCUT2D eigenvalue weighted by Gasteiger charge is 2.14. The van der Waals surface area contributed by atoms with Crippen molar-refractivity contribution in [2.24, 2.45) is 0 Å². The lowest BCUT2D eigenvalue weighted by atomic mass is 10.4. The van der Waals surface area contributed by atoms with Gasteiger partial charge in [-0.15, -0.1) is 11.3 Å². The van der Waals surface area contributed by atoms with E-state index in [2.05, 4.69) is 33.8 Å². The summed E-state index contributed by atoms with van der Waals surface area (Å²) >= 11 is 1.63. The number of anilines is 3. The van der Waals surface area contributed by atoms with E-state index in [1.54, 1.807) is 11.3 Å². The van der Waals surface area contributed by atoms with E-state index in [1.165, 1.54) is 4.88 Å². The van der Waals surface area contributed by atoms with Crippen LogP contribution in [-0.2, 0) is 6.54 Å². The van der Waals surface area contributed by atoms with Crippen molar-refractivity contribution in [1.29, 1.82) is 0 Å². The van der Waals surface area contributed by atoms with E-state index < -0.39 is 0 Å². The molecule has 0 aromatic carbocycles. The minimum Gasteiger partial charge on any atom is -0.368 e. The molecule has 0 aliphatic heterocycles. The van der Waals surface area contributed by atoms with Gasteiger partial charge in [0.2, 0.25) is 17.8 Å². The normalized spacial score (nSPS) is 10.7. The summed E-state index contributed by atoms with van der Waals surface area (Å²) < 4.78 is 0. The molecule has 2 heterocycles. The number of aryl methyl sites for hydroxylation is 1. The highest BCUT2D eigenvalue weighted by atomic mass is 32.1. The lowest BCUT2D eigenvalue weighted by Gasteiger charge is -2.21. The van der Waals surface area contributed by atoms with Gasteiger partial charge in [-0.1, -0.05) is 0 Å². The molecule has 2 N–H and O–H groups in total. The molecule has 2 rings (SSSR count). The molecular weight excluding hydrogens is 286 g/mol. The molecule has 0 unspecified atom stereocenters. The summed E-state index contributed by atoms with van der Waals surface area (Å²) in [6, 6.07) is 0. The van der Waals surface area contributed by atoms with E-state index >= 15 is 0 Å². The Kier molecular flexibility index (Phi) is 4.89. The van der Waals surface area contributed by atoms with Gasteiger partial charge in [0.1, 0.15) is 0 Å². The predicted octanol–water partition coefficient (Wildman–Crippen LogP) is 1.70. The second kappa shape index (κ2) is 6.66. The van der Waals surface area contributed by atoms with Gasteiger partial charge in [0, 0.05) is 25.0 Å². The molecular formula is C13H21N7S. The average molecular weight is 307 g/mol. The van der Waals surface area contributed by atoms with E-state index in [-0.39, 0.29) is 5.95 Å². The maximum Gasteiger partial charge on any atom is 0.232 e. The van der Waals surface area contributed by atoms with Crippen molar-refractivity contribution in [3.05, 3.63) is 16.1 Å². The summed E-state index contributed by atoms with van der Waals surface area (Å²) in [4.78, 5) is 22.4. The van der Waals surface area contributed by atoms with Crippen LogP contribution in [0, 0.1) is 6.92 Å². The molecule has 7 nitrogen and oxygen atoms in total. The van der Waals surface area contributed by atoms with E-state index in [4.69, 9.17) is 5.73 Å². The first kappa shape index (κ1) is 15.4. The fourth-order valence-corrected chi connectivity index (χ4v) is 2.78. The van der Waals surface area contributed by atoms with Crippen molar-refractivity contribution in [1.82, 2.24) is 19.9 Å². The van der Waals surface area contributed by atoms with Crippen molar-refractivity contribution in [2.45, 2.75) is 27.3 Å². The van der Waals surface area contributed by atoms with Gasteiger partial charge >= 0.3 is 0 Å². The van der Waals surface area contributed by atoms with Gasteiger partial charge in [-0.2, -0.15) is 15.0 Å². The number of nitrogens with zero attached hydrogens (tertiary/aromatic N) is 6. The Morgan fingerprint density at radius 2 is 1.81 bits per heavy atom. The molecule has 0 radical (unpaired) electrons. The predicted molar refractivity (Wildman–Crippen MR) is 86.8 cm³/mol. The Morgan fingerprint density at radius 1 is 1.14 bits per heavy atom. The summed E-state index contributed by atoms with van der Waals surface area (Å²) in [5, 5.41) is 0. The third-order valence-corrected chi connectivity index (χ3v) is 4.16. The van der Waals surface area contributed by atoms with E-state index in [0.717, 1.165) is 18.8 Å². The molecule has 2 aromatic heterocycles. The number of nitrogens with two attached hydrogens (primary N) is 1. The molecule has 0 atom stereocenters. The number of thiazole rings is 1. The zero-order valence-electron chi connectivity index (χ0n) is 12.9. The Bertz CT molecular complexity index is 594.